The Morgan fingerprint density at radius 1 is 1.00 bits per heavy atom. The van der Waals surface area contributed by atoms with Crippen LogP contribution in [0.4, 0.5) is 16.2 Å². The number of anilines is 2. The van der Waals surface area contributed by atoms with Gasteiger partial charge in [-0.1, -0.05) is 32.0 Å². The van der Waals surface area contributed by atoms with E-state index in [2.05, 4.69) is 30.1 Å². The average Bonchev–Trinajstić information content (AvgIpc) is 2.73. The minimum absolute atomic E-state index is 0.0506. The third-order valence-corrected chi connectivity index (χ3v) is 5.12. The zero-order chi connectivity index (χ0) is 20.1. The van der Waals surface area contributed by atoms with Crippen molar-refractivity contribution in [1.29, 1.82) is 0 Å². The number of hydrogen-bond acceptors (Lipinski definition) is 4. The first-order chi connectivity index (χ1) is 13.5. The zero-order valence-corrected chi connectivity index (χ0v) is 17.1. The van der Waals surface area contributed by atoms with Crippen molar-refractivity contribution >= 4 is 17.4 Å². The van der Waals surface area contributed by atoms with Crippen molar-refractivity contribution in [3.05, 3.63) is 48.0 Å². The number of nitrogens with zero attached hydrogens (tertiary/aromatic N) is 2. The number of piperazine rings is 1. The topological polar surface area (TPSA) is 54.0 Å². The van der Waals surface area contributed by atoms with Gasteiger partial charge in [0.2, 0.25) is 0 Å². The maximum Gasteiger partial charge on any atom is 0.321 e. The number of hydrogen-bond donors (Lipinski definition) is 1. The number of nitrogens with one attached hydrogen (secondary N) is 1. The van der Waals surface area contributed by atoms with E-state index in [0.717, 1.165) is 41.5 Å². The molecule has 2 amide bonds. The van der Waals surface area contributed by atoms with Crippen LogP contribution in [-0.2, 0) is 0 Å². The summed E-state index contributed by atoms with van der Waals surface area (Å²) in [5.74, 6) is 1.96. The highest BCUT2D eigenvalue weighted by molar-refractivity contribution is 5.90. The number of rotatable bonds is 5. The van der Waals surface area contributed by atoms with Crippen molar-refractivity contribution in [3.8, 4) is 11.5 Å². The molecule has 1 N–H and O–H groups in total. The summed E-state index contributed by atoms with van der Waals surface area (Å²) in [6.07, 6.45) is 0. The van der Waals surface area contributed by atoms with Gasteiger partial charge in [0.25, 0.3) is 0 Å². The Morgan fingerprint density at radius 2 is 1.71 bits per heavy atom. The minimum Gasteiger partial charge on any atom is -0.497 e. The Hall–Kier alpha value is -2.89. The number of carbonyl (C=O) groups is 1. The van der Waals surface area contributed by atoms with E-state index in [9.17, 15) is 4.79 Å². The molecular weight excluding hydrogens is 354 g/mol. The van der Waals surface area contributed by atoms with Gasteiger partial charge >= 0.3 is 6.03 Å². The average molecular weight is 383 g/mol. The molecule has 2 aromatic carbocycles. The normalized spacial score (nSPS) is 14.2. The third kappa shape index (κ3) is 4.32. The molecule has 6 nitrogen and oxygen atoms in total. The van der Waals surface area contributed by atoms with Crippen molar-refractivity contribution in [2.24, 2.45) is 0 Å². The Kier molecular flexibility index (Phi) is 6.29. The monoisotopic (exact) mass is 383 g/mol. The zero-order valence-electron chi connectivity index (χ0n) is 17.1. The SMILES string of the molecule is COc1ccc(OC)c(N2CCN(C(=O)Nc3ccccc3C(C)C)CC2)c1. The van der Waals surface area contributed by atoms with Gasteiger partial charge in [-0.25, -0.2) is 4.79 Å². The third-order valence-electron chi connectivity index (χ3n) is 5.12. The number of amides is 2. The Labute approximate surface area is 167 Å². The van der Waals surface area contributed by atoms with Gasteiger partial charge in [-0.15, -0.1) is 0 Å². The van der Waals surface area contributed by atoms with Crippen LogP contribution < -0.4 is 19.7 Å². The van der Waals surface area contributed by atoms with Crippen LogP contribution in [0.15, 0.2) is 42.5 Å². The van der Waals surface area contributed by atoms with Crippen molar-refractivity contribution in [3.63, 3.8) is 0 Å². The van der Waals surface area contributed by atoms with Gasteiger partial charge in [0.05, 0.1) is 19.9 Å². The van der Waals surface area contributed by atoms with Gasteiger partial charge in [0, 0.05) is 37.9 Å². The Bertz CT molecular complexity index is 814. The molecular formula is C22H29N3O3. The van der Waals surface area contributed by atoms with E-state index in [1.807, 2.05) is 41.3 Å². The van der Waals surface area contributed by atoms with Gasteiger partial charge in [0.1, 0.15) is 11.5 Å². The number of para-hydroxylation sites is 1. The quantitative estimate of drug-likeness (QED) is 0.841. The minimum atomic E-state index is -0.0506. The molecule has 0 atom stereocenters. The maximum absolute atomic E-state index is 12.8. The van der Waals surface area contributed by atoms with E-state index >= 15 is 0 Å². The highest BCUT2D eigenvalue weighted by Gasteiger charge is 2.24. The van der Waals surface area contributed by atoms with Gasteiger partial charge < -0.3 is 24.6 Å². The van der Waals surface area contributed by atoms with Crippen LogP contribution in [-0.4, -0.2) is 51.3 Å². The van der Waals surface area contributed by atoms with Crippen molar-refractivity contribution < 1.29 is 14.3 Å². The number of ether oxygens (including phenoxy) is 2. The summed E-state index contributed by atoms with van der Waals surface area (Å²) < 4.78 is 10.8. The molecule has 0 aliphatic carbocycles. The molecule has 0 aromatic heterocycles. The first kappa shape index (κ1) is 19.9. The Balaban J connectivity index is 1.65. The second-order valence-corrected chi connectivity index (χ2v) is 7.18. The first-order valence-corrected chi connectivity index (χ1v) is 9.65. The Morgan fingerprint density at radius 3 is 2.36 bits per heavy atom. The summed E-state index contributed by atoms with van der Waals surface area (Å²) in [6, 6.07) is 13.7. The van der Waals surface area contributed by atoms with Crippen LogP contribution in [0.25, 0.3) is 0 Å². The molecule has 1 heterocycles. The van der Waals surface area contributed by atoms with E-state index in [4.69, 9.17) is 9.47 Å². The maximum atomic E-state index is 12.8. The molecule has 1 aliphatic heterocycles. The van der Waals surface area contributed by atoms with Crippen molar-refractivity contribution in [2.75, 3.05) is 50.6 Å². The van der Waals surface area contributed by atoms with Gasteiger partial charge in [-0.2, -0.15) is 0 Å². The van der Waals surface area contributed by atoms with Crippen LogP contribution in [0, 0.1) is 0 Å². The summed E-state index contributed by atoms with van der Waals surface area (Å²) in [7, 11) is 3.32. The second kappa shape index (κ2) is 8.87. The van der Waals surface area contributed by atoms with E-state index in [1.165, 1.54) is 0 Å². The van der Waals surface area contributed by atoms with E-state index in [0.29, 0.717) is 19.0 Å². The smallest absolute Gasteiger partial charge is 0.321 e. The van der Waals surface area contributed by atoms with Crippen LogP contribution in [0.2, 0.25) is 0 Å². The lowest BCUT2D eigenvalue weighted by Gasteiger charge is -2.36. The molecule has 1 aliphatic rings. The predicted molar refractivity (Wildman–Crippen MR) is 113 cm³/mol. The molecule has 1 saturated heterocycles. The van der Waals surface area contributed by atoms with E-state index < -0.39 is 0 Å². The molecule has 0 radical (unpaired) electrons. The fourth-order valence-corrected chi connectivity index (χ4v) is 3.50. The lowest BCUT2D eigenvalue weighted by molar-refractivity contribution is 0.208. The summed E-state index contributed by atoms with van der Waals surface area (Å²) in [6.45, 7) is 7.04. The second-order valence-electron chi connectivity index (χ2n) is 7.18. The first-order valence-electron chi connectivity index (χ1n) is 9.65. The molecule has 6 heteroatoms. The molecule has 0 unspecified atom stereocenters. The molecule has 3 rings (SSSR count). The number of benzene rings is 2. The largest absolute Gasteiger partial charge is 0.497 e. The summed E-state index contributed by atoms with van der Waals surface area (Å²) in [5, 5.41) is 3.08. The van der Waals surface area contributed by atoms with Gasteiger partial charge in [-0.3, -0.25) is 0 Å². The molecule has 0 spiro atoms. The predicted octanol–water partition coefficient (Wildman–Crippen LogP) is 4.18. The highest BCUT2D eigenvalue weighted by atomic mass is 16.5. The lowest BCUT2D eigenvalue weighted by atomic mass is 10.0. The van der Waals surface area contributed by atoms with Crippen LogP contribution in [0.1, 0.15) is 25.3 Å². The van der Waals surface area contributed by atoms with Gasteiger partial charge in [0.15, 0.2) is 0 Å². The molecule has 0 saturated carbocycles. The van der Waals surface area contributed by atoms with E-state index in [-0.39, 0.29) is 6.03 Å². The highest BCUT2D eigenvalue weighted by Crippen LogP contribution is 2.33. The molecule has 150 valence electrons. The molecule has 0 bridgehead atoms. The number of methoxy groups -OCH3 is 2. The van der Waals surface area contributed by atoms with Crippen molar-refractivity contribution in [2.45, 2.75) is 19.8 Å². The lowest BCUT2D eigenvalue weighted by Crippen LogP contribution is -2.50. The van der Waals surface area contributed by atoms with Crippen LogP contribution >= 0.6 is 0 Å². The van der Waals surface area contributed by atoms with E-state index in [1.54, 1.807) is 14.2 Å². The van der Waals surface area contributed by atoms with Crippen LogP contribution in [0.5, 0.6) is 11.5 Å². The summed E-state index contributed by atoms with van der Waals surface area (Å²) >= 11 is 0. The summed E-state index contributed by atoms with van der Waals surface area (Å²) in [5.41, 5.74) is 3.03. The molecule has 1 fully saturated rings. The summed E-state index contributed by atoms with van der Waals surface area (Å²) in [4.78, 5) is 16.9. The molecule has 2 aromatic rings. The molecule has 28 heavy (non-hydrogen) atoms. The fourth-order valence-electron chi connectivity index (χ4n) is 3.50. The number of carbonyl (C=O) groups excluding carboxylic acids is 1. The van der Waals surface area contributed by atoms with Crippen molar-refractivity contribution in [1.82, 2.24) is 4.90 Å². The van der Waals surface area contributed by atoms with Crippen LogP contribution in [0.3, 0.4) is 0 Å². The number of urea groups is 1. The standard InChI is InChI=1S/C22H29N3O3/c1-16(2)18-7-5-6-8-19(18)23-22(26)25-13-11-24(12-14-25)20-15-17(27-3)9-10-21(20)28-4/h5-10,15-16H,11-14H2,1-4H3,(H,23,26). The fraction of sp³-hybridized carbons (Fsp3) is 0.409. The van der Waals surface area contributed by atoms with Gasteiger partial charge in [-0.05, 0) is 29.7 Å².